The number of unbranched alkanes of at least 4 members (excludes halogenated alkanes) is 1. The largest absolute Gasteiger partial charge is 0.507 e. The number of aromatic nitrogens is 2. The van der Waals surface area contributed by atoms with Gasteiger partial charge in [0.05, 0.1) is 34.0 Å². The maximum atomic E-state index is 13.9. The smallest absolute Gasteiger partial charge is 0.273 e. The van der Waals surface area contributed by atoms with Gasteiger partial charge in [-0.25, -0.2) is 0 Å². The lowest BCUT2D eigenvalue weighted by Gasteiger charge is -2.27. The van der Waals surface area contributed by atoms with Gasteiger partial charge in [-0.15, -0.1) is 0 Å². The molecule has 0 radical (unpaired) electrons. The molecule has 2 heterocycles. The third-order valence-electron chi connectivity index (χ3n) is 7.74. The minimum Gasteiger partial charge on any atom is -0.507 e. The van der Waals surface area contributed by atoms with Gasteiger partial charge < -0.3 is 29.0 Å². The maximum Gasteiger partial charge on any atom is 0.273 e. The number of hydrogen-bond donors (Lipinski definition) is 2. The Balaban J connectivity index is 1.58. The molecule has 1 atom stereocenters. The first kappa shape index (κ1) is 30.1. The Kier molecular flexibility index (Phi) is 9.01. The number of amides is 1. The number of phenolic OH excluding ortho intramolecular Hbond substituents is 1. The van der Waals surface area contributed by atoms with E-state index in [1.54, 1.807) is 33.5 Å². The first-order chi connectivity index (χ1) is 20.8. The van der Waals surface area contributed by atoms with E-state index in [4.69, 9.17) is 30.5 Å². The fourth-order valence-corrected chi connectivity index (χ4v) is 5.58. The number of methoxy groups -OCH3 is 3. The molecule has 4 aromatic rings. The Bertz CT molecular complexity index is 1640. The second kappa shape index (κ2) is 12.9. The van der Waals surface area contributed by atoms with Crippen molar-refractivity contribution in [3.05, 3.63) is 81.5 Å². The highest BCUT2D eigenvalue weighted by molar-refractivity contribution is 6.31. The average Bonchev–Trinajstić information content (AvgIpc) is 3.56. The molecule has 1 aliphatic heterocycles. The number of fused-ring (bicyclic) bond motifs is 1. The zero-order chi connectivity index (χ0) is 30.7. The van der Waals surface area contributed by atoms with E-state index in [2.05, 4.69) is 17.1 Å². The van der Waals surface area contributed by atoms with E-state index in [0.29, 0.717) is 70.1 Å². The van der Waals surface area contributed by atoms with E-state index in [0.717, 1.165) is 29.5 Å². The summed E-state index contributed by atoms with van der Waals surface area (Å²) in [4.78, 5) is 15.7. The van der Waals surface area contributed by atoms with Crippen LogP contribution in [0.3, 0.4) is 0 Å². The van der Waals surface area contributed by atoms with Crippen LogP contribution in [0.1, 0.15) is 58.5 Å². The van der Waals surface area contributed by atoms with E-state index in [1.807, 2.05) is 48.2 Å². The van der Waals surface area contributed by atoms with Gasteiger partial charge in [-0.2, -0.15) is 5.10 Å². The number of H-pyrrole nitrogens is 1. The van der Waals surface area contributed by atoms with Crippen molar-refractivity contribution in [3.8, 4) is 40.0 Å². The molecule has 0 fully saturated rings. The predicted octanol–water partition coefficient (Wildman–Crippen LogP) is 6.74. The fraction of sp³-hybridized carbons (Fsp3) is 0.333. The standard InChI is InChI=1S/C33H36ClN3O6/c1-6-7-14-43-26-11-9-21(17-28(26)42-5)32-29-30(22-18-23(34)19(2)15-24(22)38)35-36-31(29)33(39)37(32)13-12-20-8-10-25(40-3)27(16-20)41-4/h8-11,15-18,32,38H,6-7,12-14H2,1-5H3,(H,35,36). The predicted molar refractivity (Wildman–Crippen MR) is 165 cm³/mol. The van der Waals surface area contributed by atoms with Crippen molar-refractivity contribution < 1.29 is 28.8 Å². The van der Waals surface area contributed by atoms with Crippen LogP contribution in [-0.2, 0) is 6.42 Å². The Morgan fingerprint density at radius 2 is 1.70 bits per heavy atom. The number of benzene rings is 3. The number of phenols is 1. The quantitative estimate of drug-likeness (QED) is 0.172. The summed E-state index contributed by atoms with van der Waals surface area (Å²) in [5.41, 5.74) is 4.48. The second-order valence-corrected chi connectivity index (χ2v) is 10.8. The molecule has 1 amide bonds. The number of nitrogens with one attached hydrogen (secondary N) is 1. The topological polar surface area (TPSA) is 106 Å². The minimum atomic E-state index is -0.519. The number of hydrogen-bond acceptors (Lipinski definition) is 7. The Morgan fingerprint density at radius 3 is 2.42 bits per heavy atom. The number of ether oxygens (including phenoxy) is 4. The summed E-state index contributed by atoms with van der Waals surface area (Å²) in [6.45, 7) is 4.91. The third kappa shape index (κ3) is 5.82. The van der Waals surface area contributed by atoms with E-state index in [1.165, 1.54) is 0 Å². The van der Waals surface area contributed by atoms with Crippen LogP contribution in [0.15, 0.2) is 48.5 Å². The number of carbonyl (C=O) groups is 1. The Labute approximate surface area is 256 Å². The van der Waals surface area contributed by atoms with Crippen LogP contribution in [0.25, 0.3) is 11.3 Å². The molecule has 5 rings (SSSR count). The minimum absolute atomic E-state index is 0.0310. The monoisotopic (exact) mass is 605 g/mol. The number of aromatic hydroxyl groups is 1. The van der Waals surface area contributed by atoms with Crippen LogP contribution in [-0.4, -0.2) is 60.6 Å². The lowest BCUT2D eigenvalue weighted by atomic mass is 9.94. The number of halogens is 1. The second-order valence-electron chi connectivity index (χ2n) is 10.4. The van der Waals surface area contributed by atoms with Crippen LogP contribution in [0.5, 0.6) is 28.7 Å². The molecule has 0 saturated heterocycles. The Hall–Kier alpha value is -4.37. The summed E-state index contributed by atoms with van der Waals surface area (Å²) in [5, 5.41) is 18.8. The molecule has 43 heavy (non-hydrogen) atoms. The molecular weight excluding hydrogens is 570 g/mol. The first-order valence-corrected chi connectivity index (χ1v) is 14.6. The number of rotatable bonds is 12. The van der Waals surface area contributed by atoms with Gasteiger partial charge >= 0.3 is 0 Å². The fourth-order valence-electron chi connectivity index (χ4n) is 5.42. The lowest BCUT2D eigenvalue weighted by Crippen LogP contribution is -2.31. The summed E-state index contributed by atoms with van der Waals surface area (Å²) in [6.07, 6.45) is 2.50. The van der Waals surface area contributed by atoms with Crippen molar-refractivity contribution in [2.75, 3.05) is 34.5 Å². The van der Waals surface area contributed by atoms with Gasteiger partial charge in [-0.05, 0) is 72.9 Å². The van der Waals surface area contributed by atoms with Gasteiger partial charge in [0.2, 0.25) is 0 Å². The SMILES string of the molecule is CCCCOc1ccc(C2c3c(-c4cc(Cl)c(C)cc4O)n[nH]c3C(=O)N2CCc2ccc(OC)c(OC)c2)cc1OC. The maximum absolute atomic E-state index is 13.9. The van der Waals surface area contributed by atoms with Crippen molar-refractivity contribution in [3.63, 3.8) is 0 Å². The molecule has 2 N–H and O–H groups in total. The summed E-state index contributed by atoms with van der Waals surface area (Å²) in [6, 6.07) is 14.2. The molecule has 1 aromatic heterocycles. The number of aryl methyl sites for hydroxylation is 1. The summed E-state index contributed by atoms with van der Waals surface area (Å²) in [5.74, 6) is 2.30. The molecule has 0 bridgehead atoms. The average molecular weight is 606 g/mol. The zero-order valence-corrected chi connectivity index (χ0v) is 25.7. The molecule has 226 valence electrons. The van der Waals surface area contributed by atoms with Gasteiger partial charge in [-0.3, -0.25) is 9.89 Å². The van der Waals surface area contributed by atoms with Gasteiger partial charge in [0, 0.05) is 22.7 Å². The molecule has 0 spiro atoms. The van der Waals surface area contributed by atoms with E-state index in [9.17, 15) is 9.90 Å². The molecule has 1 aliphatic rings. The van der Waals surface area contributed by atoms with E-state index >= 15 is 0 Å². The van der Waals surface area contributed by atoms with Crippen molar-refractivity contribution >= 4 is 17.5 Å². The van der Waals surface area contributed by atoms with E-state index in [-0.39, 0.29) is 11.7 Å². The molecule has 10 heteroatoms. The van der Waals surface area contributed by atoms with Gasteiger partial charge in [0.1, 0.15) is 17.1 Å². The van der Waals surface area contributed by atoms with E-state index < -0.39 is 6.04 Å². The first-order valence-electron chi connectivity index (χ1n) is 14.2. The molecule has 1 unspecified atom stereocenters. The molecule has 0 saturated carbocycles. The highest BCUT2D eigenvalue weighted by atomic mass is 35.5. The third-order valence-corrected chi connectivity index (χ3v) is 8.15. The Morgan fingerprint density at radius 1 is 0.977 bits per heavy atom. The highest BCUT2D eigenvalue weighted by Gasteiger charge is 2.42. The number of aromatic amines is 1. The van der Waals surface area contributed by atoms with Crippen LogP contribution in [0.4, 0.5) is 0 Å². The zero-order valence-electron chi connectivity index (χ0n) is 25.0. The highest BCUT2D eigenvalue weighted by Crippen LogP contribution is 2.46. The lowest BCUT2D eigenvalue weighted by molar-refractivity contribution is 0.0745. The number of carbonyl (C=O) groups excluding carboxylic acids is 1. The van der Waals surface area contributed by atoms with Gasteiger partial charge in [-0.1, -0.05) is 37.1 Å². The summed E-state index contributed by atoms with van der Waals surface area (Å²) >= 11 is 6.46. The van der Waals surface area contributed by atoms with Gasteiger partial charge in [0.15, 0.2) is 23.0 Å². The summed E-state index contributed by atoms with van der Waals surface area (Å²) in [7, 11) is 4.79. The molecular formula is C33H36ClN3O6. The van der Waals surface area contributed by atoms with Crippen molar-refractivity contribution in [2.45, 2.75) is 39.2 Å². The van der Waals surface area contributed by atoms with Crippen molar-refractivity contribution in [2.24, 2.45) is 0 Å². The van der Waals surface area contributed by atoms with Crippen molar-refractivity contribution in [1.29, 1.82) is 0 Å². The van der Waals surface area contributed by atoms with Crippen molar-refractivity contribution in [1.82, 2.24) is 15.1 Å². The normalized spacial score (nSPS) is 14.1. The number of nitrogens with zero attached hydrogens (tertiary/aromatic N) is 2. The van der Waals surface area contributed by atoms with Gasteiger partial charge in [0.25, 0.3) is 5.91 Å². The van der Waals surface area contributed by atoms with Crippen LogP contribution in [0.2, 0.25) is 5.02 Å². The molecule has 9 nitrogen and oxygen atoms in total. The molecule has 0 aliphatic carbocycles. The summed E-state index contributed by atoms with van der Waals surface area (Å²) < 4.78 is 22.6. The van der Waals surface area contributed by atoms with Crippen LogP contribution in [0, 0.1) is 6.92 Å². The van der Waals surface area contributed by atoms with Crippen LogP contribution < -0.4 is 18.9 Å². The van der Waals surface area contributed by atoms with Crippen LogP contribution >= 0.6 is 11.6 Å². The molecule has 3 aromatic carbocycles.